The molecule has 0 bridgehead atoms. The minimum absolute atomic E-state index is 0.0807. The number of hydrogen-bond donors (Lipinski definition) is 1. The van der Waals surface area contributed by atoms with E-state index in [9.17, 15) is 0 Å². The van der Waals surface area contributed by atoms with Gasteiger partial charge in [0.25, 0.3) is 0 Å². The molecule has 0 saturated heterocycles. The minimum Gasteiger partial charge on any atom is -0.351 e. The first-order valence-corrected chi connectivity index (χ1v) is 7.78. The maximum Gasteiger partial charge on any atom is 0.172 e. The Labute approximate surface area is 131 Å². The molecule has 0 fully saturated rings. The highest BCUT2D eigenvalue weighted by molar-refractivity contribution is 6.42. The van der Waals surface area contributed by atoms with Crippen molar-refractivity contribution in [2.45, 2.75) is 39.5 Å². The zero-order valence-electron chi connectivity index (χ0n) is 12.3. The van der Waals surface area contributed by atoms with Crippen molar-refractivity contribution in [2.75, 3.05) is 19.8 Å². The maximum atomic E-state index is 6.06. The van der Waals surface area contributed by atoms with Gasteiger partial charge in [-0.2, -0.15) is 0 Å². The van der Waals surface area contributed by atoms with Gasteiger partial charge in [0.1, 0.15) is 0 Å². The Kier molecular flexibility index (Phi) is 8.50. The number of rotatable bonds is 9. The van der Waals surface area contributed by atoms with Gasteiger partial charge in [0.05, 0.1) is 16.1 Å². The molecule has 1 atom stereocenters. The van der Waals surface area contributed by atoms with Gasteiger partial charge < -0.3 is 14.8 Å². The first kappa shape index (κ1) is 17.7. The molecule has 1 unspecified atom stereocenters. The van der Waals surface area contributed by atoms with Crippen LogP contribution < -0.4 is 5.32 Å². The van der Waals surface area contributed by atoms with Gasteiger partial charge in [0.15, 0.2) is 6.29 Å². The molecule has 1 N–H and O–H groups in total. The van der Waals surface area contributed by atoms with Crippen molar-refractivity contribution in [3.8, 4) is 0 Å². The van der Waals surface area contributed by atoms with E-state index in [1.54, 1.807) is 0 Å². The molecular weight excluding hydrogens is 297 g/mol. The normalized spacial score (nSPS) is 12.9. The maximum absolute atomic E-state index is 6.06. The van der Waals surface area contributed by atoms with E-state index in [0.29, 0.717) is 23.3 Å². The summed E-state index contributed by atoms with van der Waals surface area (Å²) in [4.78, 5) is 0. The summed E-state index contributed by atoms with van der Waals surface area (Å²) in [6.45, 7) is 8.09. The summed E-state index contributed by atoms with van der Waals surface area (Å²) >= 11 is 12.0. The van der Waals surface area contributed by atoms with Gasteiger partial charge in [0.2, 0.25) is 0 Å². The van der Waals surface area contributed by atoms with Crippen molar-refractivity contribution in [3.63, 3.8) is 0 Å². The predicted molar refractivity (Wildman–Crippen MR) is 84.7 cm³/mol. The summed E-state index contributed by atoms with van der Waals surface area (Å²) in [5.74, 6) is 0. The van der Waals surface area contributed by atoms with Crippen LogP contribution >= 0.6 is 23.2 Å². The van der Waals surface area contributed by atoms with E-state index in [2.05, 4.69) is 12.2 Å². The van der Waals surface area contributed by atoms with Gasteiger partial charge in [-0.05, 0) is 44.5 Å². The van der Waals surface area contributed by atoms with Gasteiger partial charge in [-0.3, -0.25) is 0 Å². The van der Waals surface area contributed by atoms with Crippen molar-refractivity contribution in [2.24, 2.45) is 0 Å². The number of nitrogens with one attached hydrogen (secondary N) is 1. The highest BCUT2D eigenvalue weighted by atomic mass is 35.5. The number of hydrogen-bond acceptors (Lipinski definition) is 3. The molecule has 1 rings (SSSR count). The smallest absolute Gasteiger partial charge is 0.172 e. The Hall–Kier alpha value is -0.320. The zero-order chi connectivity index (χ0) is 15.0. The summed E-state index contributed by atoms with van der Waals surface area (Å²) in [5, 5.41) is 4.55. The minimum atomic E-state index is -0.264. The Balaban J connectivity index is 2.80. The number of ether oxygens (including phenoxy) is 2. The molecule has 0 aliphatic rings. The molecule has 20 heavy (non-hydrogen) atoms. The molecule has 0 radical (unpaired) electrons. The molecule has 0 aromatic heterocycles. The Bertz CT molecular complexity index is 395. The van der Waals surface area contributed by atoms with Crippen LogP contribution in [0.15, 0.2) is 18.2 Å². The molecule has 0 spiro atoms. The van der Waals surface area contributed by atoms with Crippen molar-refractivity contribution in [1.82, 2.24) is 5.32 Å². The highest BCUT2D eigenvalue weighted by Gasteiger charge is 2.22. The molecule has 0 aliphatic heterocycles. The lowest BCUT2D eigenvalue weighted by atomic mass is 10.1. The van der Waals surface area contributed by atoms with Crippen LogP contribution in [-0.4, -0.2) is 32.1 Å². The third-order valence-electron chi connectivity index (χ3n) is 2.90. The largest absolute Gasteiger partial charge is 0.351 e. The van der Waals surface area contributed by atoms with E-state index in [1.807, 2.05) is 32.0 Å². The first-order chi connectivity index (χ1) is 9.62. The number of likely N-dealkylation sites (N-methyl/N-ethyl adjacent to an activating group) is 1. The SMILES string of the molecule is CCNC(Cc1ccc(Cl)c(Cl)c1)C(OCC)OCC. The third-order valence-corrected chi connectivity index (χ3v) is 3.64. The van der Waals surface area contributed by atoms with Gasteiger partial charge in [0, 0.05) is 13.2 Å². The summed E-state index contributed by atoms with van der Waals surface area (Å²) < 4.78 is 11.4. The second-order valence-electron chi connectivity index (χ2n) is 4.40. The fraction of sp³-hybridized carbons (Fsp3) is 0.600. The van der Waals surface area contributed by atoms with Crippen molar-refractivity contribution in [1.29, 1.82) is 0 Å². The van der Waals surface area contributed by atoms with Crippen LogP contribution in [-0.2, 0) is 15.9 Å². The van der Waals surface area contributed by atoms with Crippen molar-refractivity contribution < 1.29 is 9.47 Å². The molecule has 0 saturated carbocycles. The number of halogens is 2. The van der Waals surface area contributed by atoms with Gasteiger partial charge in [-0.25, -0.2) is 0 Å². The van der Waals surface area contributed by atoms with Crippen LogP contribution in [0.25, 0.3) is 0 Å². The molecule has 114 valence electrons. The van der Waals surface area contributed by atoms with Crippen molar-refractivity contribution in [3.05, 3.63) is 33.8 Å². The van der Waals surface area contributed by atoms with Crippen LogP contribution in [0, 0.1) is 0 Å². The Morgan fingerprint density at radius 2 is 1.70 bits per heavy atom. The van der Waals surface area contributed by atoms with E-state index in [4.69, 9.17) is 32.7 Å². The highest BCUT2D eigenvalue weighted by Crippen LogP contribution is 2.23. The second kappa shape index (κ2) is 9.59. The summed E-state index contributed by atoms with van der Waals surface area (Å²) in [7, 11) is 0. The zero-order valence-corrected chi connectivity index (χ0v) is 13.8. The summed E-state index contributed by atoms with van der Waals surface area (Å²) in [6.07, 6.45) is 0.509. The monoisotopic (exact) mass is 319 g/mol. The first-order valence-electron chi connectivity index (χ1n) is 7.02. The fourth-order valence-electron chi connectivity index (χ4n) is 2.06. The molecule has 1 aromatic rings. The molecule has 1 aromatic carbocycles. The van der Waals surface area contributed by atoms with E-state index in [0.717, 1.165) is 18.5 Å². The quantitative estimate of drug-likeness (QED) is 0.700. The lowest BCUT2D eigenvalue weighted by Gasteiger charge is -2.27. The van der Waals surface area contributed by atoms with Gasteiger partial charge in [-0.15, -0.1) is 0 Å². The molecule has 0 heterocycles. The van der Waals surface area contributed by atoms with Crippen LogP contribution in [0.5, 0.6) is 0 Å². The summed E-state index contributed by atoms with van der Waals surface area (Å²) in [5.41, 5.74) is 1.11. The Morgan fingerprint density at radius 3 is 2.20 bits per heavy atom. The Morgan fingerprint density at radius 1 is 1.05 bits per heavy atom. The van der Waals surface area contributed by atoms with E-state index < -0.39 is 0 Å². The molecule has 3 nitrogen and oxygen atoms in total. The van der Waals surface area contributed by atoms with Crippen LogP contribution in [0.4, 0.5) is 0 Å². The van der Waals surface area contributed by atoms with Crippen LogP contribution in [0.1, 0.15) is 26.3 Å². The predicted octanol–water partition coefficient (Wildman–Crippen LogP) is 3.91. The van der Waals surface area contributed by atoms with Crippen LogP contribution in [0.3, 0.4) is 0 Å². The fourth-order valence-corrected chi connectivity index (χ4v) is 2.38. The van der Waals surface area contributed by atoms with Crippen molar-refractivity contribution >= 4 is 23.2 Å². The molecular formula is C15H23Cl2NO2. The van der Waals surface area contributed by atoms with E-state index in [1.165, 1.54) is 0 Å². The van der Waals surface area contributed by atoms with Crippen LogP contribution in [0.2, 0.25) is 10.0 Å². The standard InChI is InChI=1S/C15H23Cl2NO2/c1-4-18-14(15(19-5-2)20-6-3)10-11-7-8-12(16)13(17)9-11/h7-9,14-15,18H,4-6,10H2,1-3H3. The average Bonchev–Trinajstić information content (AvgIpc) is 2.42. The third kappa shape index (κ3) is 5.58. The molecule has 0 aliphatic carbocycles. The lowest BCUT2D eigenvalue weighted by Crippen LogP contribution is -2.44. The van der Waals surface area contributed by atoms with Gasteiger partial charge in [-0.1, -0.05) is 36.2 Å². The topological polar surface area (TPSA) is 30.5 Å². The lowest BCUT2D eigenvalue weighted by molar-refractivity contribution is -0.153. The van der Waals surface area contributed by atoms with Gasteiger partial charge >= 0.3 is 0 Å². The van der Waals surface area contributed by atoms with E-state index in [-0.39, 0.29) is 12.3 Å². The number of benzene rings is 1. The second-order valence-corrected chi connectivity index (χ2v) is 5.21. The van der Waals surface area contributed by atoms with E-state index >= 15 is 0 Å². The molecule has 0 amide bonds. The average molecular weight is 320 g/mol. The molecule has 5 heteroatoms. The summed E-state index contributed by atoms with van der Waals surface area (Å²) in [6, 6.07) is 5.77.